The average molecular weight is 275 g/mol. The first-order valence-electron chi connectivity index (χ1n) is 7.24. The van der Waals surface area contributed by atoms with Crippen LogP contribution in [0.1, 0.15) is 20.3 Å². The zero-order valence-corrected chi connectivity index (χ0v) is 12.0. The van der Waals surface area contributed by atoms with E-state index in [-0.39, 0.29) is 0 Å². The highest BCUT2D eigenvalue weighted by atomic mass is 16.6. The highest BCUT2D eigenvalue weighted by Gasteiger charge is 2.28. The van der Waals surface area contributed by atoms with Gasteiger partial charge in [-0.3, -0.25) is 4.90 Å². The molecule has 1 aliphatic rings. The van der Waals surface area contributed by atoms with Crippen LogP contribution in [-0.2, 0) is 0 Å². The summed E-state index contributed by atoms with van der Waals surface area (Å²) in [4.78, 5) is 4.87. The second kappa shape index (κ2) is 5.28. The Hall–Kier alpha value is -1.82. The molecule has 1 saturated heterocycles. The van der Waals surface area contributed by atoms with Gasteiger partial charge >= 0.3 is 0 Å². The number of nitrogen functional groups attached to an aromatic ring is 1. The Morgan fingerprint density at radius 1 is 1.30 bits per heavy atom. The van der Waals surface area contributed by atoms with Crippen molar-refractivity contribution in [2.24, 2.45) is 0 Å². The molecule has 1 aromatic heterocycles. The van der Waals surface area contributed by atoms with Gasteiger partial charge in [-0.15, -0.1) is 0 Å². The van der Waals surface area contributed by atoms with E-state index in [9.17, 15) is 0 Å². The molecule has 0 spiro atoms. The lowest BCUT2D eigenvalue weighted by atomic mass is 10.2. The monoisotopic (exact) mass is 275 g/mol. The maximum absolute atomic E-state index is 5.90. The molecule has 0 saturated carbocycles. The molecule has 6 nitrogen and oxygen atoms in total. The van der Waals surface area contributed by atoms with Gasteiger partial charge in [0.15, 0.2) is 11.0 Å². The predicted octanol–water partition coefficient (Wildman–Crippen LogP) is 1.73. The zero-order valence-electron chi connectivity index (χ0n) is 12.0. The predicted molar refractivity (Wildman–Crippen MR) is 79.8 cm³/mol. The van der Waals surface area contributed by atoms with Crippen LogP contribution in [-0.4, -0.2) is 47.4 Å². The van der Waals surface area contributed by atoms with Crippen molar-refractivity contribution in [2.45, 2.75) is 26.3 Å². The summed E-state index contributed by atoms with van der Waals surface area (Å²) in [5.74, 6) is 0. The highest BCUT2D eigenvalue weighted by Crippen LogP contribution is 2.31. The number of anilines is 2. The molecule has 2 N–H and O–H groups in total. The second-order valence-electron chi connectivity index (χ2n) is 5.25. The van der Waals surface area contributed by atoms with Crippen molar-refractivity contribution in [3.63, 3.8) is 0 Å². The Labute approximate surface area is 118 Å². The molecular weight excluding hydrogens is 254 g/mol. The van der Waals surface area contributed by atoms with Crippen LogP contribution in [0.4, 0.5) is 11.4 Å². The van der Waals surface area contributed by atoms with E-state index in [2.05, 4.69) is 34.0 Å². The van der Waals surface area contributed by atoms with Crippen molar-refractivity contribution in [1.29, 1.82) is 0 Å². The molecule has 2 aromatic rings. The molecule has 1 aliphatic heterocycles. The summed E-state index contributed by atoms with van der Waals surface area (Å²) < 4.78 is 4.85. The van der Waals surface area contributed by atoms with Gasteiger partial charge in [-0.2, -0.15) is 0 Å². The Morgan fingerprint density at radius 3 is 2.80 bits per heavy atom. The van der Waals surface area contributed by atoms with Gasteiger partial charge in [-0.05, 0) is 42.0 Å². The standard InChI is InChI=1S/C14H21N5O/c1-3-18(4-2)10-7-8-19(9-10)12-6-5-11(15)13-14(12)17-20-16-13/h5-6,10H,3-4,7-9,15H2,1-2H3. The molecule has 0 bridgehead atoms. The maximum atomic E-state index is 5.90. The molecule has 0 radical (unpaired) electrons. The topological polar surface area (TPSA) is 71.4 Å². The Bertz CT molecular complexity index is 592. The Balaban J connectivity index is 1.86. The van der Waals surface area contributed by atoms with Crippen LogP contribution in [0.15, 0.2) is 16.8 Å². The van der Waals surface area contributed by atoms with Crippen LogP contribution < -0.4 is 10.6 Å². The molecule has 1 unspecified atom stereocenters. The lowest BCUT2D eigenvalue weighted by molar-refractivity contribution is 0.232. The third-order valence-corrected chi connectivity index (χ3v) is 4.26. The van der Waals surface area contributed by atoms with Crippen LogP contribution in [0.25, 0.3) is 11.0 Å². The van der Waals surface area contributed by atoms with E-state index >= 15 is 0 Å². The van der Waals surface area contributed by atoms with Crippen molar-refractivity contribution in [3.05, 3.63) is 12.1 Å². The number of nitrogens with two attached hydrogens (primary N) is 1. The number of rotatable bonds is 4. The van der Waals surface area contributed by atoms with Crippen molar-refractivity contribution in [3.8, 4) is 0 Å². The van der Waals surface area contributed by atoms with E-state index in [1.54, 1.807) is 0 Å². The number of hydrogen-bond acceptors (Lipinski definition) is 6. The van der Waals surface area contributed by atoms with E-state index in [0.717, 1.165) is 37.4 Å². The molecule has 0 aliphatic carbocycles. The molecule has 0 amide bonds. The van der Waals surface area contributed by atoms with E-state index in [4.69, 9.17) is 10.4 Å². The zero-order chi connectivity index (χ0) is 14.1. The fourth-order valence-electron chi connectivity index (χ4n) is 3.13. The Kier molecular flexibility index (Phi) is 3.48. The second-order valence-corrected chi connectivity index (χ2v) is 5.25. The molecule has 6 heteroatoms. The van der Waals surface area contributed by atoms with Gasteiger partial charge in [0.1, 0.15) is 0 Å². The first kappa shape index (κ1) is 13.2. The van der Waals surface area contributed by atoms with Crippen molar-refractivity contribution >= 4 is 22.4 Å². The van der Waals surface area contributed by atoms with E-state index in [0.29, 0.717) is 17.2 Å². The van der Waals surface area contributed by atoms with Crippen LogP contribution in [0.2, 0.25) is 0 Å². The number of hydrogen-bond donors (Lipinski definition) is 1. The maximum Gasteiger partial charge on any atom is 0.160 e. The van der Waals surface area contributed by atoms with Gasteiger partial charge in [0.05, 0.1) is 11.4 Å². The summed E-state index contributed by atoms with van der Waals surface area (Å²) in [7, 11) is 0. The molecule has 20 heavy (non-hydrogen) atoms. The number of fused-ring (bicyclic) bond motifs is 1. The van der Waals surface area contributed by atoms with Crippen LogP contribution in [0.3, 0.4) is 0 Å². The largest absolute Gasteiger partial charge is 0.397 e. The van der Waals surface area contributed by atoms with Gasteiger partial charge < -0.3 is 10.6 Å². The molecule has 1 atom stereocenters. The smallest absolute Gasteiger partial charge is 0.160 e. The molecule has 108 valence electrons. The molecule has 1 aromatic carbocycles. The highest BCUT2D eigenvalue weighted by molar-refractivity contribution is 5.95. The normalized spacial score (nSPS) is 19.4. The summed E-state index contributed by atoms with van der Waals surface area (Å²) in [6.45, 7) is 8.68. The SMILES string of the molecule is CCN(CC)C1CCN(c2ccc(N)c3nonc23)C1. The van der Waals surface area contributed by atoms with Gasteiger partial charge in [-0.1, -0.05) is 13.8 Å². The molecule has 1 fully saturated rings. The van der Waals surface area contributed by atoms with Crippen LogP contribution >= 0.6 is 0 Å². The average Bonchev–Trinajstić information content (AvgIpc) is 3.10. The molecule has 3 rings (SSSR count). The van der Waals surface area contributed by atoms with Gasteiger partial charge in [0.25, 0.3) is 0 Å². The third kappa shape index (κ3) is 2.10. The van der Waals surface area contributed by atoms with E-state index < -0.39 is 0 Å². The van der Waals surface area contributed by atoms with Crippen molar-refractivity contribution in [1.82, 2.24) is 15.2 Å². The third-order valence-electron chi connectivity index (χ3n) is 4.26. The van der Waals surface area contributed by atoms with Gasteiger partial charge in [0, 0.05) is 19.1 Å². The number of likely N-dealkylation sites (N-methyl/N-ethyl adjacent to an activating group) is 1. The summed E-state index contributed by atoms with van der Waals surface area (Å²) in [5.41, 5.74) is 9.02. The van der Waals surface area contributed by atoms with Gasteiger partial charge in [-0.25, -0.2) is 4.63 Å². The first-order valence-corrected chi connectivity index (χ1v) is 7.24. The van der Waals surface area contributed by atoms with Crippen molar-refractivity contribution < 1.29 is 4.63 Å². The number of nitrogens with zero attached hydrogens (tertiary/aromatic N) is 4. The van der Waals surface area contributed by atoms with Gasteiger partial charge in [0.2, 0.25) is 0 Å². The lowest BCUT2D eigenvalue weighted by Crippen LogP contribution is -2.37. The summed E-state index contributed by atoms with van der Waals surface area (Å²) >= 11 is 0. The fourth-order valence-corrected chi connectivity index (χ4v) is 3.13. The Morgan fingerprint density at radius 2 is 2.05 bits per heavy atom. The van der Waals surface area contributed by atoms with Crippen molar-refractivity contribution in [2.75, 3.05) is 36.8 Å². The summed E-state index contributed by atoms with van der Waals surface area (Å²) in [5, 5.41) is 7.90. The summed E-state index contributed by atoms with van der Waals surface area (Å²) in [6.07, 6.45) is 1.18. The minimum absolute atomic E-state index is 0.609. The van der Waals surface area contributed by atoms with E-state index in [1.165, 1.54) is 6.42 Å². The van der Waals surface area contributed by atoms with Crippen LogP contribution in [0, 0.1) is 0 Å². The number of aromatic nitrogens is 2. The van der Waals surface area contributed by atoms with Crippen LogP contribution in [0.5, 0.6) is 0 Å². The minimum Gasteiger partial charge on any atom is -0.397 e. The lowest BCUT2D eigenvalue weighted by Gasteiger charge is -2.26. The minimum atomic E-state index is 0.609. The number of benzene rings is 1. The fraction of sp³-hybridized carbons (Fsp3) is 0.571. The summed E-state index contributed by atoms with van der Waals surface area (Å²) in [6, 6.07) is 4.51. The molecular formula is C14H21N5O. The molecule has 2 heterocycles. The first-order chi connectivity index (χ1) is 9.74. The quantitative estimate of drug-likeness (QED) is 0.857. The van der Waals surface area contributed by atoms with E-state index in [1.807, 2.05) is 12.1 Å².